The van der Waals surface area contributed by atoms with E-state index in [4.69, 9.17) is 9.47 Å². The number of rotatable bonds is 5. The van der Waals surface area contributed by atoms with Crippen molar-refractivity contribution in [3.63, 3.8) is 0 Å². The smallest absolute Gasteiger partial charge is 0.242 e. The third kappa shape index (κ3) is 3.97. The van der Waals surface area contributed by atoms with Crippen LogP contribution in [0.5, 0.6) is 11.5 Å². The molecule has 2 heterocycles. The van der Waals surface area contributed by atoms with Gasteiger partial charge in [0, 0.05) is 18.5 Å². The molecule has 1 N–H and O–H groups in total. The van der Waals surface area contributed by atoms with E-state index in [1.165, 1.54) is 5.56 Å². The van der Waals surface area contributed by atoms with Crippen molar-refractivity contribution >= 4 is 5.91 Å². The molecular formula is C24H28N2O3. The van der Waals surface area contributed by atoms with Gasteiger partial charge >= 0.3 is 0 Å². The summed E-state index contributed by atoms with van der Waals surface area (Å²) in [6.07, 6.45) is 5.22. The molecule has 0 radical (unpaired) electrons. The molecule has 0 bridgehead atoms. The molecule has 1 aliphatic carbocycles. The van der Waals surface area contributed by atoms with E-state index in [0.29, 0.717) is 19.3 Å². The van der Waals surface area contributed by atoms with Gasteiger partial charge in [-0.25, -0.2) is 0 Å². The number of hydrogen-bond acceptors (Lipinski definition) is 4. The van der Waals surface area contributed by atoms with E-state index in [0.717, 1.165) is 55.7 Å². The molecular weight excluding hydrogens is 364 g/mol. The highest BCUT2D eigenvalue weighted by atomic mass is 16.5. The topological polar surface area (TPSA) is 50.8 Å². The SMILES string of the molecule is O=C(NC1CC1)[C@H](c1ccccc1)N1CCC[C@@H]1c1ccc2c(c1)OCCCO2. The molecule has 2 atom stereocenters. The van der Waals surface area contributed by atoms with Gasteiger partial charge in [0.1, 0.15) is 6.04 Å². The van der Waals surface area contributed by atoms with Crippen LogP contribution in [0.25, 0.3) is 0 Å². The lowest BCUT2D eigenvalue weighted by Crippen LogP contribution is -2.41. The van der Waals surface area contributed by atoms with Crippen molar-refractivity contribution in [1.82, 2.24) is 10.2 Å². The Hall–Kier alpha value is -2.53. The molecule has 1 saturated carbocycles. The molecule has 3 aliphatic rings. The van der Waals surface area contributed by atoms with Crippen LogP contribution < -0.4 is 14.8 Å². The summed E-state index contributed by atoms with van der Waals surface area (Å²) in [6.45, 7) is 2.29. The lowest BCUT2D eigenvalue weighted by molar-refractivity contribution is -0.127. The second kappa shape index (κ2) is 8.07. The van der Waals surface area contributed by atoms with Crippen LogP contribution in [-0.4, -0.2) is 36.6 Å². The molecule has 1 amide bonds. The average Bonchev–Trinajstić information content (AvgIpc) is 3.49. The minimum atomic E-state index is -0.264. The maximum absolute atomic E-state index is 13.2. The Morgan fingerprint density at radius 1 is 0.966 bits per heavy atom. The summed E-state index contributed by atoms with van der Waals surface area (Å²) in [5, 5.41) is 3.23. The summed E-state index contributed by atoms with van der Waals surface area (Å²) < 4.78 is 11.7. The van der Waals surface area contributed by atoms with Crippen LogP contribution in [0.15, 0.2) is 48.5 Å². The number of nitrogens with zero attached hydrogens (tertiary/aromatic N) is 1. The molecule has 5 heteroatoms. The van der Waals surface area contributed by atoms with Gasteiger partial charge in [-0.05, 0) is 55.5 Å². The van der Waals surface area contributed by atoms with E-state index in [1.807, 2.05) is 24.3 Å². The zero-order valence-electron chi connectivity index (χ0n) is 16.7. The largest absolute Gasteiger partial charge is 0.490 e. The summed E-state index contributed by atoms with van der Waals surface area (Å²) in [5.74, 6) is 1.77. The number of hydrogen-bond donors (Lipinski definition) is 1. The number of fused-ring (bicyclic) bond motifs is 1. The van der Waals surface area contributed by atoms with Crippen LogP contribution in [-0.2, 0) is 4.79 Å². The minimum Gasteiger partial charge on any atom is -0.490 e. The number of likely N-dealkylation sites (tertiary alicyclic amines) is 1. The van der Waals surface area contributed by atoms with Crippen LogP contribution in [0, 0.1) is 0 Å². The Labute approximate surface area is 172 Å². The van der Waals surface area contributed by atoms with Gasteiger partial charge in [-0.15, -0.1) is 0 Å². The number of amides is 1. The van der Waals surface area contributed by atoms with Crippen molar-refractivity contribution in [2.45, 2.75) is 50.2 Å². The first-order chi connectivity index (χ1) is 14.3. The lowest BCUT2D eigenvalue weighted by atomic mass is 9.99. The number of ether oxygens (including phenoxy) is 2. The Bertz CT molecular complexity index is 866. The Morgan fingerprint density at radius 3 is 2.55 bits per heavy atom. The number of carbonyl (C=O) groups excluding carboxylic acids is 1. The van der Waals surface area contributed by atoms with Gasteiger partial charge < -0.3 is 14.8 Å². The van der Waals surface area contributed by atoms with E-state index in [-0.39, 0.29) is 18.0 Å². The standard InChI is InChI=1S/C24H28N2O3/c27-24(25-19-10-11-19)23(17-6-2-1-3-7-17)26-13-4-8-20(26)18-9-12-21-22(16-18)29-15-5-14-28-21/h1-3,6-7,9,12,16,19-20,23H,4-5,8,10-11,13-15H2,(H,25,27)/t20-,23+/m1/s1. The molecule has 0 spiro atoms. The Kier molecular flexibility index (Phi) is 5.15. The lowest BCUT2D eigenvalue weighted by Gasteiger charge is -2.33. The molecule has 0 unspecified atom stereocenters. The normalized spacial score (nSPS) is 22.7. The maximum atomic E-state index is 13.2. The van der Waals surface area contributed by atoms with E-state index in [1.54, 1.807) is 0 Å². The van der Waals surface area contributed by atoms with Gasteiger partial charge in [-0.3, -0.25) is 9.69 Å². The Balaban J connectivity index is 1.46. The summed E-state index contributed by atoms with van der Waals surface area (Å²) in [7, 11) is 0. The molecule has 152 valence electrons. The van der Waals surface area contributed by atoms with Crippen molar-refractivity contribution in [1.29, 1.82) is 0 Å². The highest BCUT2D eigenvalue weighted by Gasteiger charge is 2.38. The molecule has 1 saturated heterocycles. The van der Waals surface area contributed by atoms with E-state index >= 15 is 0 Å². The van der Waals surface area contributed by atoms with Gasteiger partial charge in [0.2, 0.25) is 5.91 Å². The highest BCUT2D eigenvalue weighted by molar-refractivity contribution is 5.83. The second-order valence-electron chi connectivity index (χ2n) is 8.25. The van der Waals surface area contributed by atoms with Crippen LogP contribution >= 0.6 is 0 Å². The van der Waals surface area contributed by atoms with Crippen molar-refractivity contribution in [3.8, 4) is 11.5 Å². The van der Waals surface area contributed by atoms with Crippen LogP contribution in [0.1, 0.15) is 55.3 Å². The first-order valence-electron chi connectivity index (χ1n) is 10.8. The predicted octanol–water partition coefficient (Wildman–Crippen LogP) is 4.00. The fraction of sp³-hybridized carbons (Fsp3) is 0.458. The van der Waals surface area contributed by atoms with Gasteiger partial charge in [0.05, 0.1) is 13.2 Å². The van der Waals surface area contributed by atoms with Gasteiger partial charge in [0.15, 0.2) is 11.5 Å². The predicted molar refractivity (Wildman–Crippen MR) is 111 cm³/mol. The molecule has 2 aromatic carbocycles. The minimum absolute atomic E-state index is 0.125. The van der Waals surface area contributed by atoms with E-state index in [9.17, 15) is 4.79 Å². The number of carbonyl (C=O) groups is 1. The van der Waals surface area contributed by atoms with E-state index in [2.05, 4.69) is 34.5 Å². The Morgan fingerprint density at radius 2 is 1.76 bits per heavy atom. The third-order valence-corrected chi connectivity index (χ3v) is 6.07. The molecule has 5 rings (SSSR count). The quantitative estimate of drug-likeness (QED) is 0.836. The molecule has 2 fully saturated rings. The highest BCUT2D eigenvalue weighted by Crippen LogP contribution is 2.42. The fourth-order valence-corrected chi connectivity index (χ4v) is 4.48. The van der Waals surface area contributed by atoms with Crippen molar-refractivity contribution in [3.05, 3.63) is 59.7 Å². The first kappa shape index (κ1) is 18.5. The van der Waals surface area contributed by atoms with Gasteiger partial charge in [0.25, 0.3) is 0 Å². The zero-order chi connectivity index (χ0) is 19.6. The van der Waals surface area contributed by atoms with Gasteiger partial charge in [-0.2, -0.15) is 0 Å². The third-order valence-electron chi connectivity index (χ3n) is 6.07. The first-order valence-corrected chi connectivity index (χ1v) is 10.8. The summed E-state index contributed by atoms with van der Waals surface area (Å²) in [5.41, 5.74) is 2.26. The zero-order valence-corrected chi connectivity index (χ0v) is 16.7. The second-order valence-corrected chi connectivity index (χ2v) is 8.25. The van der Waals surface area contributed by atoms with Crippen LogP contribution in [0.4, 0.5) is 0 Å². The van der Waals surface area contributed by atoms with Crippen LogP contribution in [0.2, 0.25) is 0 Å². The van der Waals surface area contributed by atoms with Crippen molar-refractivity contribution in [2.24, 2.45) is 0 Å². The summed E-state index contributed by atoms with van der Waals surface area (Å²) in [4.78, 5) is 15.6. The molecule has 2 aromatic rings. The average molecular weight is 392 g/mol. The molecule has 2 aliphatic heterocycles. The van der Waals surface area contributed by atoms with Gasteiger partial charge in [-0.1, -0.05) is 36.4 Å². The summed E-state index contributed by atoms with van der Waals surface area (Å²) in [6, 6.07) is 16.7. The number of nitrogens with one attached hydrogen (secondary N) is 1. The van der Waals surface area contributed by atoms with E-state index < -0.39 is 0 Å². The monoisotopic (exact) mass is 392 g/mol. The summed E-state index contributed by atoms with van der Waals surface area (Å²) >= 11 is 0. The molecule has 29 heavy (non-hydrogen) atoms. The number of benzene rings is 2. The van der Waals surface area contributed by atoms with Crippen molar-refractivity contribution in [2.75, 3.05) is 19.8 Å². The maximum Gasteiger partial charge on any atom is 0.242 e. The van der Waals surface area contributed by atoms with Crippen molar-refractivity contribution < 1.29 is 14.3 Å². The molecule has 0 aromatic heterocycles. The fourth-order valence-electron chi connectivity index (χ4n) is 4.48. The van der Waals surface area contributed by atoms with Crippen LogP contribution in [0.3, 0.4) is 0 Å². The molecule has 5 nitrogen and oxygen atoms in total.